The molecule has 9 nitrogen and oxygen atoms in total. The summed E-state index contributed by atoms with van der Waals surface area (Å²) >= 11 is 2.71. The minimum Gasteiger partial charge on any atom is -1.00 e. The van der Waals surface area contributed by atoms with Crippen LogP contribution in [0.5, 0.6) is 5.75 Å². The van der Waals surface area contributed by atoms with Crippen molar-refractivity contribution < 1.29 is 60.4 Å². The summed E-state index contributed by atoms with van der Waals surface area (Å²) in [6, 6.07) is 19.2. The number of aliphatic carboxylic acids is 1. The molecule has 6 rings (SSSR count). The molecule has 3 aromatic rings. The largest absolute Gasteiger partial charge is 1.00 e. The first-order chi connectivity index (χ1) is 19.8. The van der Waals surface area contributed by atoms with Crippen molar-refractivity contribution >= 4 is 63.6 Å². The predicted octanol–water partition coefficient (Wildman–Crippen LogP) is 0.466. The molecule has 3 heterocycles. The third kappa shape index (κ3) is 5.71. The number of rotatable bonds is 7. The number of carbonyl (C=O) groups excluding carboxylic acids is 3. The number of thioether (sulfide) groups is 2. The van der Waals surface area contributed by atoms with E-state index >= 15 is 0 Å². The number of phenolic OH excluding ortho intramolecular Hbond substituents is 1. The van der Waals surface area contributed by atoms with Crippen molar-refractivity contribution in [2.75, 3.05) is 18.1 Å². The molecule has 42 heavy (non-hydrogen) atoms. The number of benzene rings is 3. The van der Waals surface area contributed by atoms with Crippen molar-refractivity contribution in [3.05, 3.63) is 89.1 Å². The molecule has 210 valence electrons. The molecule has 12 heteroatoms. The maximum Gasteiger partial charge on any atom is 1.00 e. The number of carbonyl (C=O) groups is 4. The monoisotopic (exact) mass is 611 g/mol. The predicted molar refractivity (Wildman–Crippen MR) is 158 cm³/mol. The van der Waals surface area contributed by atoms with Crippen LogP contribution in [-0.4, -0.2) is 68.3 Å². The summed E-state index contributed by atoms with van der Waals surface area (Å²) < 4.78 is 0. The van der Waals surface area contributed by atoms with Crippen molar-refractivity contribution in [2.45, 2.75) is 22.7 Å². The number of allylic oxidation sites excluding steroid dienone is 1. The molecular weight excluding hydrogens is 585 g/mol. The second kappa shape index (κ2) is 12.6. The molecule has 3 aliphatic rings. The van der Waals surface area contributed by atoms with E-state index in [0.717, 1.165) is 15.7 Å². The number of hydrogen-bond donors (Lipinski definition) is 4. The van der Waals surface area contributed by atoms with Crippen LogP contribution in [0.4, 0.5) is 0 Å². The minimum absolute atomic E-state index is 0. The van der Waals surface area contributed by atoms with Crippen LogP contribution < -0.4 is 40.2 Å². The van der Waals surface area contributed by atoms with Crippen LogP contribution in [0.3, 0.4) is 0 Å². The summed E-state index contributed by atoms with van der Waals surface area (Å²) in [7, 11) is 0. The van der Waals surface area contributed by atoms with Gasteiger partial charge < -0.3 is 22.3 Å². The standard InChI is InChI=1S/C30H25N3O6S2.Na.H/c34-19-8-5-17(6-9-19)24(21-11-12-31-27(21)36)22-14-41-29-25(28(37)33(29)26(22)30(38)39)32-23(35)15-40-20-10-7-16-3-1-2-4-18(16)13-20;;/h1-10,13,25,29,34H,11-12,14-15H2,(H,31,36)(H,32,35)(H,38,39);;/q;+1;-1/t25-,29-;;/m1../s1. The fourth-order valence-corrected chi connectivity index (χ4v) is 7.46. The van der Waals surface area contributed by atoms with E-state index in [4.69, 9.17) is 0 Å². The summed E-state index contributed by atoms with van der Waals surface area (Å²) in [6.45, 7) is 0.426. The Morgan fingerprint density at radius 3 is 2.50 bits per heavy atom. The number of carboxylic acids is 1. The van der Waals surface area contributed by atoms with Crippen LogP contribution in [-0.2, 0) is 19.2 Å². The van der Waals surface area contributed by atoms with Crippen molar-refractivity contribution in [3.63, 3.8) is 0 Å². The van der Waals surface area contributed by atoms with Crippen LogP contribution >= 0.6 is 23.5 Å². The van der Waals surface area contributed by atoms with Gasteiger partial charge in [0.05, 0.1) is 5.75 Å². The van der Waals surface area contributed by atoms with Gasteiger partial charge in [0.1, 0.15) is 22.9 Å². The van der Waals surface area contributed by atoms with Crippen molar-refractivity contribution in [1.82, 2.24) is 15.5 Å². The smallest absolute Gasteiger partial charge is 1.00 e. The van der Waals surface area contributed by atoms with Gasteiger partial charge >= 0.3 is 35.5 Å². The number of hydrogen-bond acceptors (Lipinski definition) is 7. The van der Waals surface area contributed by atoms with Gasteiger partial charge in [0.2, 0.25) is 11.8 Å². The van der Waals surface area contributed by atoms with E-state index in [0.29, 0.717) is 35.2 Å². The summed E-state index contributed by atoms with van der Waals surface area (Å²) in [4.78, 5) is 53.4. The first-order valence-corrected chi connectivity index (χ1v) is 15.0. The number of aromatic hydroxyl groups is 1. The molecule has 0 spiro atoms. The zero-order chi connectivity index (χ0) is 28.7. The zero-order valence-electron chi connectivity index (χ0n) is 23.6. The molecule has 2 fully saturated rings. The minimum atomic E-state index is -1.29. The van der Waals surface area contributed by atoms with Gasteiger partial charge in [-0.15, -0.1) is 23.5 Å². The Morgan fingerprint density at radius 1 is 1.07 bits per heavy atom. The third-order valence-corrected chi connectivity index (χ3v) is 9.55. The Morgan fingerprint density at radius 2 is 1.81 bits per heavy atom. The maximum absolute atomic E-state index is 13.3. The van der Waals surface area contributed by atoms with Gasteiger partial charge in [-0.2, -0.15) is 0 Å². The van der Waals surface area contributed by atoms with Crippen molar-refractivity contribution in [2.24, 2.45) is 0 Å². The first-order valence-electron chi connectivity index (χ1n) is 12.9. The van der Waals surface area contributed by atoms with Gasteiger partial charge in [0.15, 0.2) is 0 Å². The van der Waals surface area contributed by atoms with Gasteiger partial charge in [-0.25, -0.2) is 4.79 Å². The van der Waals surface area contributed by atoms with Gasteiger partial charge in [0.25, 0.3) is 5.91 Å². The Labute approximate surface area is 273 Å². The van der Waals surface area contributed by atoms with Gasteiger partial charge in [-0.05, 0) is 52.6 Å². The molecule has 3 amide bonds. The maximum atomic E-state index is 13.3. The average Bonchev–Trinajstić information content (AvgIpc) is 3.40. The molecule has 2 saturated heterocycles. The molecule has 0 unspecified atom stereocenters. The van der Waals surface area contributed by atoms with E-state index in [1.807, 2.05) is 42.5 Å². The number of amides is 3. The van der Waals surface area contributed by atoms with Crippen LogP contribution in [0, 0.1) is 0 Å². The molecule has 2 atom stereocenters. The fourth-order valence-electron chi connectivity index (χ4n) is 5.35. The van der Waals surface area contributed by atoms with Gasteiger partial charge in [-0.1, -0.05) is 42.5 Å². The third-order valence-electron chi connectivity index (χ3n) is 7.27. The summed E-state index contributed by atoms with van der Waals surface area (Å²) in [5.41, 5.74) is 1.64. The quantitative estimate of drug-likeness (QED) is 0.131. The molecule has 0 bridgehead atoms. The van der Waals surface area contributed by atoms with E-state index in [2.05, 4.69) is 10.6 Å². The number of nitrogens with one attached hydrogen (secondary N) is 2. The molecule has 3 aromatic carbocycles. The average molecular weight is 612 g/mol. The van der Waals surface area contributed by atoms with E-state index in [9.17, 15) is 29.4 Å². The molecule has 0 aromatic heterocycles. The summed E-state index contributed by atoms with van der Waals surface area (Å²) in [5.74, 6) is -2.03. The summed E-state index contributed by atoms with van der Waals surface area (Å²) in [5, 5.41) is 27.2. The van der Waals surface area contributed by atoms with Crippen molar-refractivity contribution in [1.29, 1.82) is 0 Å². The first kappa shape index (κ1) is 30.2. The van der Waals surface area contributed by atoms with E-state index in [1.54, 1.807) is 12.1 Å². The van der Waals surface area contributed by atoms with Crippen LogP contribution in [0.1, 0.15) is 13.4 Å². The van der Waals surface area contributed by atoms with Crippen LogP contribution in [0.25, 0.3) is 16.3 Å². The topological polar surface area (TPSA) is 136 Å². The Hall–Kier alpha value is -3.22. The molecular formula is C30H26N3NaO6S2. The zero-order valence-corrected chi connectivity index (χ0v) is 26.3. The SMILES string of the molecule is O=C(CSc1ccc2ccccc2c1)N[C@@H]1C(=O)N2C(C(=O)O)=C(C(=C3CCNC3=O)c3ccc(O)cc3)CS[C@H]12.[H-].[Na+]. The van der Waals surface area contributed by atoms with E-state index in [1.165, 1.54) is 40.6 Å². The molecule has 0 saturated carbocycles. The van der Waals surface area contributed by atoms with E-state index < -0.39 is 23.3 Å². The number of carboxylic acid groups (broad SMARTS) is 1. The number of nitrogens with zero attached hydrogens (tertiary/aromatic N) is 1. The van der Waals surface area contributed by atoms with Gasteiger partial charge in [-0.3, -0.25) is 19.3 Å². The molecule has 0 radical (unpaired) electrons. The fraction of sp³-hybridized carbons (Fsp3) is 0.200. The Kier molecular flexibility index (Phi) is 9.05. The second-order valence-corrected chi connectivity index (χ2v) is 11.9. The van der Waals surface area contributed by atoms with Crippen molar-refractivity contribution in [3.8, 4) is 5.75 Å². The molecule has 3 aliphatic heterocycles. The van der Waals surface area contributed by atoms with Gasteiger partial charge in [0, 0.05) is 28.3 Å². The number of fused-ring (bicyclic) bond motifs is 2. The molecule has 0 aliphatic carbocycles. The second-order valence-electron chi connectivity index (χ2n) is 9.79. The van der Waals surface area contributed by atoms with Crippen LogP contribution in [0.2, 0.25) is 0 Å². The number of phenols is 1. The molecule has 4 N–H and O–H groups in total. The number of β-lactam (4-membered cyclic amide) rings is 1. The Balaban J connectivity index is 0.00000212. The normalized spacial score (nSPS) is 20.8. The van der Waals surface area contributed by atoms with Crippen LogP contribution in [0.15, 0.2) is 88.5 Å². The summed E-state index contributed by atoms with van der Waals surface area (Å²) in [6.07, 6.45) is 0.404. The van der Waals surface area contributed by atoms with E-state index in [-0.39, 0.29) is 65.8 Å². The Bertz CT molecular complexity index is 1680.